The highest BCUT2D eigenvalue weighted by atomic mass is 79.9. The molecule has 0 aromatic heterocycles. The van der Waals surface area contributed by atoms with Crippen molar-refractivity contribution in [2.24, 2.45) is 0 Å². The van der Waals surface area contributed by atoms with E-state index in [0.29, 0.717) is 18.0 Å². The summed E-state index contributed by atoms with van der Waals surface area (Å²) in [7, 11) is -2.15. The van der Waals surface area contributed by atoms with Crippen molar-refractivity contribution >= 4 is 55.1 Å². The molecule has 0 aliphatic heterocycles. The van der Waals surface area contributed by atoms with Crippen molar-refractivity contribution in [1.82, 2.24) is 10.2 Å². The van der Waals surface area contributed by atoms with E-state index in [9.17, 15) is 18.0 Å². The van der Waals surface area contributed by atoms with E-state index in [1.807, 2.05) is 31.2 Å². The fraction of sp³-hybridized carbons (Fsp3) is 0.417. The van der Waals surface area contributed by atoms with Gasteiger partial charge in [-0.05, 0) is 56.2 Å². The van der Waals surface area contributed by atoms with Crippen LogP contribution in [0.5, 0.6) is 5.75 Å². The number of carbonyl (C=O) groups is 2. The summed E-state index contributed by atoms with van der Waals surface area (Å²) < 4.78 is 32.1. The molecule has 0 heterocycles. The number of carbonyl (C=O) groups excluding carboxylic acids is 2. The standard InChI is InChI=1S/C24H31BrClN3O5S/c1-5-27-24(31)17(2)28(16-18-8-6-9-19(25)14-18)23(30)10-7-13-29(35(4,32)33)20-11-12-22(34-3)21(26)15-20/h6,8-9,11-12,14-15,17H,5,7,10,13,16H2,1-4H3,(H,27,31). The van der Waals surface area contributed by atoms with E-state index in [1.165, 1.54) is 22.4 Å². The summed E-state index contributed by atoms with van der Waals surface area (Å²) >= 11 is 9.61. The van der Waals surface area contributed by atoms with Crippen LogP contribution >= 0.6 is 27.5 Å². The number of hydrogen-bond acceptors (Lipinski definition) is 5. The number of anilines is 1. The lowest BCUT2D eigenvalue weighted by atomic mass is 10.1. The zero-order valence-electron chi connectivity index (χ0n) is 20.3. The average molecular weight is 589 g/mol. The van der Waals surface area contributed by atoms with Gasteiger partial charge in [0.25, 0.3) is 0 Å². The van der Waals surface area contributed by atoms with Crippen molar-refractivity contribution in [2.75, 3.05) is 30.8 Å². The van der Waals surface area contributed by atoms with Crippen LogP contribution in [0.2, 0.25) is 5.02 Å². The van der Waals surface area contributed by atoms with Crippen LogP contribution < -0.4 is 14.4 Å². The van der Waals surface area contributed by atoms with E-state index in [2.05, 4.69) is 21.2 Å². The topological polar surface area (TPSA) is 96.0 Å². The van der Waals surface area contributed by atoms with Crippen molar-refractivity contribution < 1.29 is 22.7 Å². The number of ether oxygens (including phenoxy) is 1. The van der Waals surface area contributed by atoms with Gasteiger partial charge in [-0.2, -0.15) is 0 Å². The molecule has 0 aliphatic carbocycles. The van der Waals surface area contributed by atoms with E-state index in [4.69, 9.17) is 16.3 Å². The van der Waals surface area contributed by atoms with Gasteiger partial charge in [-0.1, -0.05) is 39.7 Å². The first-order valence-corrected chi connectivity index (χ1v) is 14.1. The Balaban J connectivity index is 2.18. The van der Waals surface area contributed by atoms with Crippen molar-refractivity contribution in [3.63, 3.8) is 0 Å². The van der Waals surface area contributed by atoms with Gasteiger partial charge < -0.3 is 15.0 Å². The molecule has 0 fully saturated rings. The number of benzene rings is 2. The van der Waals surface area contributed by atoms with Gasteiger partial charge >= 0.3 is 0 Å². The van der Waals surface area contributed by atoms with Gasteiger partial charge in [-0.25, -0.2) is 8.42 Å². The second-order valence-electron chi connectivity index (χ2n) is 7.98. The first kappa shape index (κ1) is 28.9. The molecular formula is C24H31BrClN3O5S. The summed E-state index contributed by atoms with van der Waals surface area (Å²) in [6, 6.07) is 11.5. The summed E-state index contributed by atoms with van der Waals surface area (Å²) in [5.41, 5.74) is 1.25. The van der Waals surface area contributed by atoms with E-state index < -0.39 is 16.1 Å². The molecule has 192 valence electrons. The predicted octanol–water partition coefficient (Wildman–Crippen LogP) is 4.21. The largest absolute Gasteiger partial charge is 0.495 e. The molecule has 0 bridgehead atoms. The average Bonchev–Trinajstić information content (AvgIpc) is 2.79. The van der Waals surface area contributed by atoms with Crippen LogP contribution in [0.3, 0.4) is 0 Å². The van der Waals surface area contributed by atoms with Crippen LogP contribution in [-0.4, -0.2) is 57.6 Å². The third kappa shape index (κ3) is 8.40. The maximum Gasteiger partial charge on any atom is 0.242 e. The Hall–Kier alpha value is -2.30. The Morgan fingerprint density at radius 3 is 2.49 bits per heavy atom. The number of halogens is 2. The second kappa shape index (κ2) is 13.1. The van der Waals surface area contributed by atoms with Crippen LogP contribution in [0.4, 0.5) is 5.69 Å². The molecule has 8 nitrogen and oxygen atoms in total. The molecule has 2 rings (SSSR count). The fourth-order valence-corrected chi connectivity index (χ4v) is 5.21. The minimum atomic E-state index is -3.62. The Labute approximate surface area is 220 Å². The number of methoxy groups -OCH3 is 1. The summed E-state index contributed by atoms with van der Waals surface area (Å²) in [4.78, 5) is 27.2. The van der Waals surface area contributed by atoms with Crippen LogP contribution in [-0.2, 0) is 26.2 Å². The minimum absolute atomic E-state index is 0.0631. The lowest BCUT2D eigenvalue weighted by Crippen LogP contribution is -2.47. The fourth-order valence-electron chi connectivity index (χ4n) is 3.55. The highest BCUT2D eigenvalue weighted by Crippen LogP contribution is 2.30. The summed E-state index contributed by atoms with van der Waals surface area (Å²) in [5, 5.41) is 3.04. The molecule has 11 heteroatoms. The van der Waals surface area contributed by atoms with Gasteiger partial charge in [0.05, 0.1) is 24.1 Å². The molecule has 1 atom stereocenters. The molecule has 2 aromatic rings. The molecule has 35 heavy (non-hydrogen) atoms. The van der Waals surface area contributed by atoms with Gasteiger partial charge in [0.1, 0.15) is 11.8 Å². The number of sulfonamides is 1. The molecule has 0 saturated heterocycles. The SMILES string of the molecule is CCNC(=O)C(C)N(Cc1cccc(Br)c1)C(=O)CCCN(c1ccc(OC)c(Cl)c1)S(C)(=O)=O. The van der Waals surface area contributed by atoms with Gasteiger partial charge in [-0.15, -0.1) is 0 Å². The first-order valence-electron chi connectivity index (χ1n) is 11.1. The van der Waals surface area contributed by atoms with Gasteiger partial charge in [0, 0.05) is 30.5 Å². The molecule has 1 N–H and O–H groups in total. The number of amides is 2. The number of rotatable bonds is 12. The Morgan fingerprint density at radius 1 is 1.20 bits per heavy atom. The molecule has 0 spiro atoms. The van der Waals surface area contributed by atoms with Crippen molar-refractivity contribution in [3.8, 4) is 5.75 Å². The van der Waals surface area contributed by atoms with Crippen LogP contribution in [0.15, 0.2) is 46.9 Å². The summed E-state index contributed by atoms with van der Waals surface area (Å²) in [5.74, 6) is -0.0620. The zero-order chi connectivity index (χ0) is 26.2. The van der Waals surface area contributed by atoms with E-state index in [-0.39, 0.29) is 42.8 Å². The van der Waals surface area contributed by atoms with Gasteiger partial charge in [-0.3, -0.25) is 13.9 Å². The Kier molecular flexibility index (Phi) is 10.9. The van der Waals surface area contributed by atoms with Crippen molar-refractivity contribution in [2.45, 2.75) is 39.3 Å². The number of nitrogens with one attached hydrogen (secondary N) is 1. The summed E-state index contributed by atoms with van der Waals surface area (Å²) in [6.07, 6.45) is 1.42. The minimum Gasteiger partial charge on any atom is -0.495 e. The lowest BCUT2D eigenvalue weighted by Gasteiger charge is -2.29. The zero-order valence-corrected chi connectivity index (χ0v) is 23.4. The Bertz CT molecular complexity index is 1150. The van der Waals surface area contributed by atoms with Crippen LogP contribution in [0.1, 0.15) is 32.3 Å². The van der Waals surface area contributed by atoms with Crippen LogP contribution in [0, 0.1) is 0 Å². The smallest absolute Gasteiger partial charge is 0.242 e. The molecule has 1 unspecified atom stereocenters. The quantitative estimate of drug-likeness (QED) is 0.401. The van der Waals surface area contributed by atoms with Crippen LogP contribution in [0.25, 0.3) is 0 Å². The van der Waals surface area contributed by atoms with Gasteiger partial charge in [0.15, 0.2) is 0 Å². The maximum absolute atomic E-state index is 13.2. The predicted molar refractivity (Wildman–Crippen MR) is 142 cm³/mol. The lowest BCUT2D eigenvalue weighted by molar-refractivity contribution is -0.140. The Morgan fingerprint density at radius 2 is 1.91 bits per heavy atom. The normalized spacial score (nSPS) is 12.1. The molecule has 2 amide bonds. The third-order valence-corrected chi connectivity index (χ3v) is 7.32. The molecular weight excluding hydrogens is 558 g/mol. The number of hydrogen-bond donors (Lipinski definition) is 1. The number of nitrogens with zero attached hydrogens (tertiary/aromatic N) is 2. The van der Waals surface area contributed by atoms with E-state index in [1.54, 1.807) is 19.1 Å². The van der Waals surface area contributed by atoms with Crippen molar-refractivity contribution in [3.05, 3.63) is 57.5 Å². The molecule has 0 radical (unpaired) electrons. The monoisotopic (exact) mass is 587 g/mol. The molecule has 2 aromatic carbocycles. The maximum atomic E-state index is 13.2. The van der Waals surface area contributed by atoms with Crippen molar-refractivity contribution in [1.29, 1.82) is 0 Å². The van der Waals surface area contributed by atoms with E-state index in [0.717, 1.165) is 16.3 Å². The van der Waals surface area contributed by atoms with E-state index >= 15 is 0 Å². The highest BCUT2D eigenvalue weighted by molar-refractivity contribution is 9.10. The molecule has 0 saturated carbocycles. The number of likely N-dealkylation sites (N-methyl/N-ethyl adjacent to an activating group) is 1. The first-order chi connectivity index (χ1) is 16.5. The van der Waals surface area contributed by atoms with Gasteiger partial charge in [0.2, 0.25) is 21.8 Å². The highest BCUT2D eigenvalue weighted by Gasteiger charge is 2.26. The summed E-state index contributed by atoms with van der Waals surface area (Å²) in [6.45, 7) is 4.28. The third-order valence-electron chi connectivity index (χ3n) is 5.34. The second-order valence-corrected chi connectivity index (χ2v) is 11.2. The molecule has 0 aliphatic rings.